The van der Waals surface area contributed by atoms with Crippen LogP contribution in [0.1, 0.15) is 25.5 Å². The fraction of sp³-hybridized carbons (Fsp3) is 0.208. The maximum atomic E-state index is 12.9. The average Bonchev–Trinajstić information content (AvgIpc) is 2.80. The normalized spacial score (nSPS) is 12.1. The van der Waals surface area contributed by atoms with Gasteiger partial charge in [-0.05, 0) is 55.8 Å². The van der Waals surface area contributed by atoms with E-state index in [0.717, 1.165) is 5.56 Å². The van der Waals surface area contributed by atoms with Crippen molar-refractivity contribution < 1.29 is 17.9 Å². The van der Waals surface area contributed by atoms with Crippen molar-refractivity contribution in [3.63, 3.8) is 0 Å². The Kier molecular flexibility index (Phi) is 7.31. The number of anilines is 1. The van der Waals surface area contributed by atoms with Gasteiger partial charge in [0.1, 0.15) is 5.75 Å². The highest BCUT2D eigenvalue weighted by atomic mass is 32.2. The zero-order valence-corrected chi connectivity index (χ0v) is 18.4. The summed E-state index contributed by atoms with van der Waals surface area (Å²) in [5.41, 5.74) is 1.54. The van der Waals surface area contributed by atoms with Gasteiger partial charge in [0, 0.05) is 6.54 Å². The summed E-state index contributed by atoms with van der Waals surface area (Å²) in [5.74, 6) is 0.252. The molecule has 6 nitrogen and oxygen atoms in total. The molecule has 7 heteroatoms. The third-order valence-corrected chi connectivity index (χ3v) is 6.71. The molecule has 0 aliphatic rings. The highest BCUT2D eigenvalue weighted by Gasteiger charge is 2.23. The Labute approximate surface area is 183 Å². The molecule has 0 unspecified atom stereocenters. The molecule has 0 fully saturated rings. The van der Waals surface area contributed by atoms with Crippen LogP contribution in [0.2, 0.25) is 0 Å². The van der Waals surface area contributed by atoms with Gasteiger partial charge in [-0.1, -0.05) is 48.5 Å². The summed E-state index contributed by atoms with van der Waals surface area (Å²) in [6.07, 6.45) is 0. The van der Waals surface area contributed by atoms with Gasteiger partial charge in [-0.3, -0.25) is 9.10 Å². The molecule has 3 rings (SSSR count). The van der Waals surface area contributed by atoms with Gasteiger partial charge in [-0.15, -0.1) is 0 Å². The van der Waals surface area contributed by atoms with Crippen molar-refractivity contribution in [3.05, 3.63) is 90.5 Å². The van der Waals surface area contributed by atoms with E-state index in [1.165, 1.54) is 4.31 Å². The molecular formula is C24H26N2O4S. The smallest absolute Gasteiger partial charge is 0.264 e. The molecule has 0 aliphatic carbocycles. The lowest BCUT2D eigenvalue weighted by Gasteiger charge is -2.23. The first kappa shape index (κ1) is 22.4. The lowest BCUT2D eigenvalue weighted by molar-refractivity contribution is -0.123. The first-order valence-electron chi connectivity index (χ1n) is 10.1. The number of nitrogens with one attached hydrogen (secondary N) is 1. The number of sulfonamides is 1. The van der Waals surface area contributed by atoms with E-state index in [2.05, 4.69) is 5.32 Å². The molecule has 0 aromatic heterocycles. The minimum atomic E-state index is -3.65. The van der Waals surface area contributed by atoms with Crippen LogP contribution < -0.4 is 14.4 Å². The molecule has 162 valence electrons. The second-order valence-corrected chi connectivity index (χ2v) is 8.83. The summed E-state index contributed by atoms with van der Waals surface area (Å²) >= 11 is 0. The monoisotopic (exact) mass is 438 g/mol. The van der Waals surface area contributed by atoms with E-state index < -0.39 is 10.0 Å². The fourth-order valence-electron chi connectivity index (χ4n) is 3.18. The lowest BCUT2D eigenvalue weighted by Crippen LogP contribution is -2.31. The largest absolute Gasteiger partial charge is 0.484 e. The van der Waals surface area contributed by atoms with E-state index in [-0.39, 0.29) is 30.0 Å². The summed E-state index contributed by atoms with van der Waals surface area (Å²) in [5, 5.41) is 2.89. The van der Waals surface area contributed by atoms with E-state index in [1.807, 2.05) is 37.3 Å². The summed E-state index contributed by atoms with van der Waals surface area (Å²) in [7, 11) is -3.65. The molecule has 0 saturated heterocycles. The zero-order chi connectivity index (χ0) is 22.3. The van der Waals surface area contributed by atoms with Crippen molar-refractivity contribution in [1.82, 2.24) is 5.32 Å². The van der Waals surface area contributed by atoms with Crippen LogP contribution in [0.15, 0.2) is 89.8 Å². The van der Waals surface area contributed by atoms with Crippen LogP contribution in [-0.4, -0.2) is 27.5 Å². The van der Waals surface area contributed by atoms with Crippen LogP contribution in [0.5, 0.6) is 5.75 Å². The summed E-state index contributed by atoms with van der Waals surface area (Å²) < 4.78 is 32.7. The van der Waals surface area contributed by atoms with E-state index in [0.29, 0.717) is 11.4 Å². The predicted octanol–water partition coefficient (Wildman–Crippen LogP) is 4.16. The molecule has 0 radical (unpaired) electrons. The van der Waals surface area contributed by atoms with Crippen molar-refractivity contribution in [2.24, 2.45) is 0 Å². The van der Waals surface area contributed by atoms with Crippen LogP contribution >= 0.6 is 0 Å². The minimum absolute atomic E-state index is 0.124. The number of carbonyl (C=O) groups is 1. The number of benzene rings is 3. The third-order valence-electron chi connectivity index (χ3n) is 4.79. The highest BCUT2D eigenvalue weighted by Crippen LogP contribution is 2.25. The van der Waals surface area contributed by atoms with Gasteiger partial charge in [-0.25, -0.2) is 8.42 Å². The van der Waals surface area contributed by atoms with Crippen molar-refractivity contribution in [3.8, 4) is 5.75 Å². The van der Waals surface area contributed by atoms with Gasteiger partial charge in [0.2, 0.25) is 0 Å². The third kappa shape index (κ3) is 5.64. The topological polar surface area (TPSA) is 75.7 Å². The first-order valence-corrected chi connectivity index (χ1v) is 11.5. The fourth-order valence-corrected chi connectivity index (χ4v) is 4.67. The van der Waals surface area contributed by atoms with Crippen LogP contribution in [0.25, 0.3) is 0 Å². The van der Waals surface area contributed by atoms with E-state index in [9.17, 15) is 13.2 Å². The Morgan fingerprint density at radius 1 is 0.935 bits per heavy atom. The van der Waals surface area contributed by atoms with Gasteiger partial charge < -0.3 is 10.1 Å². The van der Waals surface area contributed by atoms with E-state index in [4.69, 9.17) is 4.74 Å². The lowest BCUT2D eigenvalue weighted by atomic mass is 10.1. The molecule has 0 bridgehead atoms. The quantitative estimate of drug-likeness (QED) is 0.544. The van der Waals surface area contributed by atoms with Crippen molar-refractivity contribution in [2.75, 3.05) is 17.5 Å². The second-order valence-electron chi connectivity index (χ2n) is 6.97. The van der Waals surface area contributed by atoms with Crippen LogP contribution in [0.3, 0.4) is 0 Å². The average molecular weight is 439 g/mol. The number of hydrogen-bond acceptors (Lipinski definition) is 4. The molecule has 3 aromatic rings. The summed E-state index contributed by atoms with van der Waals surface area (Å²) in [4.78, 5) is 12.4. The number of rotatable bonds is 9. The maximum Gasteiger partial charge on any atom is 0.264 e. The number of amides is 1. The zero-order valence-electron chi connectivity index (χ0n) is 17.6. The van der Waals surface area contributed by atoms with Crippen LogP contribution in [0.4, 0.5) is 5.69 Å². The SMILES string of the molecule is CCN(c1ccc(OCC(=O)N[C@@H](C)c2ccccc2)cc1)S(=O)(=O)c1ccccc1. The Morgan fingerprint density at radius 3 is 2.10 bits per heavy atom. The molecule has 0 aliphatic heterocycles. The minimum Gasteiger partial charge on any atom is -0.484 e. The number of nitrogens with zero attached hydrogens (tertiary/aromatic N) is 1. The second kappa shape index (κ2) is 10.1. The van der Waals surface area contributed by atoms with Crippen molar-refractivity contribution >= 4 is 21.6 Å². The summed E-state index contributed by atoms with van der Waals surface area (Å²) in [6.45, 7) is 3.85. The first-order chi connectivity index (χ1) is 14.9. The molecule has 0 spiro atoms. The van der Waals surface area contributed by atoms with Gasteiger partial charge >= 0.3 is 0 Å². The molecule has 1 N–H and O–H groups in total. The molecule has 1 amide bonds. The Hall–Kier alpha value is -3.32. The van der Waals surface area contributed by atoms with E-state index >= 15 is 0 Å². The Balaban J connectivity index is 1.61. The van der Waals surface area contributed by atoms with Gasteiger partial charge in [0.15, 0.2) is 6.61 Å². The van der Waals surface area contributed by atoms with E-state index in [1.54, 1.807) is 61.5 Å². The molecule has 1 atom stereocenters. The molecule has 0 saturated carbocycles. The Morgan fingerprint density at radius 2 is 1.52 bits per heavy atom. The summed E-state index contributed by atoms with van der Waals surface area (Å²) in [6, 6.07) is 24.5. The molecule has 0 heterocycles. The predicted molar refractivity (Wildman–Crippen MR) is 122 cm³/mol. The van der Waals surface area contributed by atoms with Gasteiger partial charge in [-0.2, -0.15) is 0 Å². The van der Waals surface area contributed by atoms with Gasteiger partial charge in [0.05, 0.1) is 16.6 Å². The highest BCUT2D eigenvalue weighted by molar-refractivity contribution is 7.92. The van der Waals surface area contributed by atoms with Crippen molar-refractivity contribution in [2.45, 2.75) is 24.8 Å². The van der Waals surface area contributed by atoms with Crippen LogP contribution in [-0.2, 0) is 14.8 Å². The molecule has 31 heavy (non-hydrogen) atoms. The Bertz CT molecular complexity index is 1090. The standard InChI is InChI=1S/C24H26N2O4S/c1-3-26(31(28,29)23-12-8-5-9-13-23)21-14-16-22(17-15-21)30-18-24(27)25-19(2)20-10-6-4-7-11-20/h4-17,19H,3,18H2,1-2H3,(H,25,27)/t19-/m0/s1. The van der Waals surface area contributed by atoms with Gasteiger partial charge in [0.25, 0.3) is 15.9 Å². The maximum absolute atomic E-state index is 12.9. The number of ether oxygens (including phenoxy) is 1. The molecular weight excluding hydrogens is 412 g/mol. The van der Waals surface area contributed by atoms with Crippen LogP contribution in [0, 0.1) is 0 Å². The number of carbonyl (C=O) groups excluding carboxylic acids is 1. The molecule has 3 aromatic carbocycles. The van der Waals surface area contributed by atoms with Crippen molar-refractivity contribution in [1.29, 1.82) is 0 Å². The number of hydrogen-bond donors (Lipinski definition) is 1.